The number of fused-ring (bicyclic) bond motifs is 1. The molecule has 8 heteroatoms. The number of carboxylic acids is 1. The Morgan fingerprint density at radius 1 is 1.29 bits per heavy atom. The first-order valence-electron chi connectivity index (χ1n) is 12.1. The summed E-state index contributed by atoms with van der Waals surface area (Å²) in [6.45, 7) is 2.57. The third kappa shape index (κ3) is 6.92. The van der Waals surface area contributed by atoms with Crippen molar-refractivity contribution in [2.24, 2.45) is 11.8 Å². The van der Waals surface area contributed by atoms with E-state index in [-0.39, 0.29) is 18.3 Å². The summed E-state index contributed by atoms with van der Waals surface area (Å²) in [5.41, 5.74) is 1.36. The second-order valence-electron chi connectivity index (χ2n) is 9.07. The number of ether oxygens (including phenoxy) is 1. The second-order valence-corrected chi connectivity index (χ2v) is 10.2. The topological polar surface area (TPSA) is 75.5 Å². The first-order valence-corrected chi connectivity index (χ1v) is 13.1. The second kappa shape index (κ2) is 12.3. The van der Waals surface area contributed by atoms with Crippen LogP contribution in [0.2, 0.25) is 0 Å². The summed E-state index contributed by atoms with van der Waals surface area (Å²) >= 11 is 1.76. The SMILES string of the molecule is COc1ccc2nccc(C(F)CC[C@@H]3CCN(CCSc4cccnc4)C[C@@H]3CC(=O)O)c2c1. The molecule has 0 amide bonds. The van der Waals surface area contributed by atoms with E-state index in [1.165, 1.54) is 0 Å². The Balaban J connectivity index is 1.35. The van der Waals surface area contributed by atoms with Gasteiger partial charge in [0.05, 0.1) is 12.6 Å². The Morgan fingerprint density at radius 3 is 2.94 bits per heavy atom. The number of benzene rings is 1. The van der Waals surface area contributed by atoms with E-state index in [0.29, 0.717) is 24.2 Å². The molecule has 1 saturated heterocycles. The maximum Gasteiger partial charge on any atom is 0.303 e. The average molecular weight is 498 g/mol. The lowest BCUT2D eigenvalue weighted by Crippen LogP contribution is -2.42. The standard InChI is InChI=1S/C27H32FN3O3S/c1-34-21-5-7-26-24(16-21)23(8-11-30-26)25(28)6-4-19-9-12-31(18-20(19)15-27(32)33)13-14-35-22-3-2-10-29-17-22/h2-3,5,7-8,10-11,16-17,19-20,25H,4,6,9,12-15,18H2,1H3,(H,32,33)/t19-,20+,25?/m1/s1. The molecule has 1 fully saturated rings. The Labute approximate surface area is 209 Å². The zero-order valence-corrected chi connectivity index (χ0v) is 20.8. The molecule has 1 unspecified atom stereocenters. The van der Waals surface area contributed by atoms with Crippen LogP contribution in [0.5, 0.6) is 5.75 Å². The van der Waals surface area contributed by atoms with Crippen LogP contribution < -0.4 is 4.74 Å². The van der Waals surface area contributed by atoms with Crippen molar-refractivity contribution in [1.82, 2.24) is 14.9 Å². The molecule has 2 aromatic heterocycles. The van der Waals surface area contributed by atoms with Crippen LogP contribution in [-0.2, 0) is 4.79 Å². The minimum absolute atomic E-state index is 0.0334. The minimum atomic E-state index is -1.13. The minimum Gasteiger partial charge on any atom is -0.497 e. The largest absolute Gasteiger partial charge is 0.497 e. The number of piperidine rings is 1. The molecular formula is C27H32FN3O3S. The van der Waals surface area contributed by atoms with Gasteiger partial charge in [0.15, 0.2) is 0 Å². The highest BCUT2D eigenvalue weighted by Crippen LogP contribution is 2.36. The van der Waals surface area contributed by atoms with Gasteiger partial charge < -0.3 is 14.7 Å². The number of methoxy groups -OCH3 is 1. The van der Waals surface area contributed by atoms with Crippen molar-refractivity contribution < 1.29 is 19.0 Å². The van der Waals surface area contributed by atoms with Gasteiger partial charge in [0.1, 0.15) is 11.9 Å². The lowest BCUT2D eigenvalue weighted by atomic mass is 9.79. The van der Waals surface area contributed by atoms with Crippen LogP contribution in [0.3, 0.4) is 0 Å². The third-order valence-electron chi connectivity index (χ3n) is 6.83. The number of aromatic nitrogens is 2. The van der Waals surface area contributed by atoms with Crippen molar-refractivity contribution in [3.8, 4) is 5.75 Å². The maximum absolute atomic E-state index is 15.4. The van der Waals surface area contributed by atoms with Crippen LogP contribution in [0.1, 0.15) is 37.4 Å². The number of halogens is 1. The maximum atomic E-state index is 15.4. The van der Waals surface area contributed by atoms with Crippen LogP contribution in [0.4, 0.5) is 4.39 Å². The van der Waals surface area contributed by atoms with E-state index in [1.54, 1.807) is 37.3 Å². The fraction of sp³-hybridized carbons (Fsp3) is 0.444. The summed E-state index contributed by atoms with van der Waals surface area (Å²) in [6, 6.07) is 11.2. The summed E-state index contributed by atoms with van der Waals surface area (Å²) in [7, 11) is 1.59. The molecule has 186 valence electrons. The zero-order chi connectivity index (χ0) is 24.6. The van der Waals surface area contributed by atoms with E-state index in [0.717, 1.165) is 47.6 Å². The monoisotopic (exact) mass is 497 g/mol. The number of aliphatic carboxylic acids is 1. The molecule has 0 spiro atoms. The molecule has 35 heavy (non-hydrogen) atoms. The van der Waals surface area contributed by atoms with Crippen molar-refractivity contribution >= 4 is 28.6 Å². The number of hydrogen-bond acceptors (Lipinski definition) is 6. The number of alkyl halides is 1. The Bertz CT molecular complexity index is 1120. The molecule has 4 rings (SSSR count). The first kappa shape index (κ1) is 25.4. The van der Waals surface area contributed by atoms with Crippen LogP contribution >= 0.6 is 11.8 Å². The number of carbonyl (C=O) groups is 1. The van der Waals surface area contributed by atoms with Crippen molar-refractivity contribution in [2.75, 3.05) is 32.5 Å². The molecule has 0 aliphatic carbocycles. The lowest BCUT2D eigenvalue weighted by Gasteiger charge is -2.38. The summed E-state index contributed by atoms with van der Waals surface area (Å²) in [6.07, 6.45) is 6.20. The summed E-state index contributed by atoms with van der Waals surface area (Å²) in [5.74, 6) is 1.06. The number of thioether (sulfide) groups is 1. The Hall–Kier alpha value is -2.71. The summed E-state index contributed by atoms with van der Waals surface area (Å²) in [4.78, 5) is 23.5. The number of likely N-dealkylation sites (tertiary alicyclic amines) is 1. The molecule has 1 aromatic carbocycles. The van der Waals surface area contributed by atoms with Gasteiger partial charge in [0.25, 0.3) is 0 Å². The van der Waals surface area contributed by atoms with Gasteiger partial charge in [0.2, 0.25) is 0 Å². The van der Waals surface area contributed by atoms with Gasteiger partial charge in [-0.05, 0) is 79.6 Å². The van der Waals surface area contributed by atoms with Crippen molar-refractivity contribution in [3.63, 3.8) is 0 Å². The predicted octanol–water partition coefficient (Wildman–Crippen LogP) is 5.63. The highest BCUT2D eigenvalue weighted by atomic mass is 32.2. The molecule has 3 atom stereocenters. The molecule has 1 N–H and O–H groups in total. The zero-order valence-electron chi connectivity index (χ0n) is 20.0. The molecule has 1 aliphatic rings. The van der Waals surface area contributed by atoms with Gasteiger partial charge in [-0.15, -0.1) is 11.8 Å². The number of pyridine rings is 2. The van der Waals surface area contributed by atoms with Gasteiger partial charge >= 0.3 is 5.97 Å². The fourth-order valence-electron chi connectivity index (χ4n) is 4.98. The van der Waals surface area contributed by atoms with E-state index in [4.69, 9.17) is 4.74 Å². The molecule has 3 heterocycles. The predicted molar refractivity (Wildman–Crippen MR) is 137 cm³/mol. The number of rotatable bonds is 11. The molecular weight excluding hydrogens is 465 g/mol. The van der Waals surface area contributed by atoms with E-state index in [1.807, 2.05) is 36.5 Å². The molecule has 0 radical (unpaired) electrons. The van der Waals surface area contributed by atoms with Gasteiger partial charge in [-0.25, -0.2) is 4.39 Å². The molecule has 6 nitrogen and oxygen atoms in total. The van der Waals surface area contributed by atoms with Crippen molar-refractivity contribution in [2.45, 2.75) is 36.8 Å². The van der Waals surface area contributed by atoms with E-state index in [9.17, 15) is 9.90 Å². The van der Waals surface area contributed by atoms with Crippen LogP contribution in [0, 0.1) is 11.8 Å². The van der Waals surface area contributed by atoms with E-state index >= 15 is 4.39 Å². The number of carboxylic acid groups (broad SMARTS) is 1. The van der Waals surface area contributed by atoms with Gasteiger partial charge in [0, 0.05) is 54.1 Å². The highest BCUT2D eigenvalue weighted by molar-refractivity contribution is 7.99. The van der Waals surface area contributed by atoms with Crippen LogP contribution in [-0.4, -0.2) is 58.4 Å². The van der Waals surface area contributed by atoms with Crippen molar-refractivity contribution in [1.29, 1.82) is 0 Å². The summed E-state index contributed by atoms with van der Waals surface area (Å²) < 4.78 is 20.8. The smallest absolute Gasteiger partial charge is 0.303 e. The van der Waals surface area contributed by atoms with Crippen LogP contribution in [0.25, 0.3) is 10.9 Å². The van der Waals surface area contributed by atoms with Crippen LogP contribution in [0.15, 0.2) is 59.9 Å². The molecule has 0 bridgehead atoms. The lowest BCUT2D eigenvalue weighted by molar-refractivity contribution is -0.139. The first-order chi connectivity index (χ1) is 17.0. The quantitative estimate of drug-likeness (QED) is 0.344. The fourth-order valence-corrected chi connectivity index (χ4v) is 5.88. The van der Waals surface area contributed by atoms with E-state index < -0.39 is 12.1 Å². The van der Waals surface area contributed by atoms with Gasteiger partial charge in [-0.1, -0.05) is 0 Å². The Morgan fingerprint density at radius 2 is 2.17 bits per heavy atom. The highest BCUT2D eigenvalue weighted by Gasteiger charge is 2.31. The van der Waals surface area contributed by atoms with Crippen molar-refractivity contribution in [3.05, 3.63) is 60.6 Å². The average Bonchev–Trinajstić information content (AvgIpc) is 2.87. The summed E-state index contributed by atoms with van der Waals surface area (Å²) in [5, 5.41) is 10.3. The number of hydrogen-bond donors (Lipinski definition) is 1. The van der Waals surface area contributed by atoms with E-state index in [2.05, 4.69) is 14.9 Å². The molecule has 0 saturated carbocycles. The van der Waals surface area contributed by atoms with Gasteiger partial charge in [-0.3, -0.25) is 14.8 Å². The van der Waals surface area contributed by atoms with Gasteiger partial charge in [-0.2, -0.15) is 0 Å². The molecule has 3 aromatic rings. The number of nitrogens with zero attached hydrogens (tertiary/aromatic N) is 3. The third-order valence-corrected chi connectivity index (χ3v) is 7.80. The molecule has 1 aliphatic heterocycles. The normalized spacial score (nSPS) is 19.5. The Kier molecular flexibility index (Phi) is 8.93.